The summed E-state index contributed by atoms with van der Waals surface area (Å²) in [5.74, 6) is -2.46. The van der Waals surface area contributed by atoms with Gasteiger partial charge in [0.2, 0.25) is 11.8 Å². The van der Waals surface area contributed by atoms with Crippen LogP contribution in [0.2, 0.25) is 0 Å². The van der Waals surface area contributed by atoms with E-state index in [0.29, 0.717) is 0 Å². The third-order valence-electron chi connectivity index (χ3n) is 7.19. The monoisotopic (exact) mass is 434 g/mol. The van der Waals surface area contributed by atoms with Crippen molar-refractivity contribution in [1.29, 1.82) is 0 Å². The van der Waals surface area contributed by atoms with Gasteiger partial charge in [0.05, 0.1) is 31.1 Å². The van der Waals surface area contributed by atoms with Crippen LogP contribution >= 0.6 is 0 Å². The van der Waals surface area contributed by atoms with Crippen molar-refractivity contribution in [2.75, 3.05) is 13.2 Å². The molecule has 7 nitrogen and oxygen atoms in total. The van der Waals surface area contributed by atoms with Crippen molar-refractivity contribution in [3.8, 4) is 0 Å². The summed E-state index contributed by atoms with van der Waals surface area (Å²) in [6.45, 7) is 5.60. The molecule has 3 rings (SSSR count). The zero-order valence-electron chi connectivity index (χ0n) is 19.1. The molecule has 2 fully saturated rings. The van der Waals surface area contributed by atoms with Crippen molar-refractivity contribution < 1.29 is 24.2 Å². The Morgan fingerprint density at radius 2 is 1.94 bits per heavy atom. The number of rotatable bonds is 8. The SMILES string of the molecule is CCC[C@@H]1C=C[C@H]2[C@@H](C(=O)N([C@H](C)CO)[C@@H]2C(=O)NC2CCCCC2)[C@@H]1C(=O)OCC. The van der Waals surface area contributed by atoms with Crippen molar-refractivity contribution in [3.05, 3.63) is 12.2 Å². The standard InChI is InChI=1S/C24H38N2O5/c1-4-9-16-12-13-18-20(19(16)24(30)31-5-2)23(29)26(15(3)14-27)21(18)22(28)25-17-10-7-6-8-11-17/h12-13,15-21,27H,4-11,14H2,1-3H3,(H,25,28)/t15-,16-,18+,19-,20-,21+/m1/s1. The molecule has 0 aromatic rings. The number of aliphatic hydroxyl groups is 1. The minimum atomic E-state index is -0.711. The Balaban J connectivity index is 1.94. The fourth-order valence-electron chi connectivity index (χ4n) is 5.71. The Kier molecular flexibility index (Phi) is 8.14. The topological polar surface area (TPSA) is 95.9 Å². The number of fused-ring (bicyclic) bond motifs is 1. The number of nitrogens with zero attached hydrogens (tertiary/aromatic N) is 1. The Morgan fingerprint density at radius 1 is 1.23 bits per heavy atom. The van der Waals surface area contributed by atoms with E-state index in [2.05, 4.69) is 12.2 Å². The van der Waals surface area contributed by atoms with Crippen LogP contribution in [0.4, 0.5) is 0 Å². The predicted molar refractivity (Wildman–Crippen MR) is 117 cm³/mol. The third kappa shape index (κ3) is 4.81. The molecule has 0 spiro atoms. The van der Waals surface area contributed by atoms with Gasteiger partial charge in [-0.1, -0.05) is 44.8 Å². The lowest BCUT2D eigenvalue weighted by molar-refractivity contribution is -0.156. The van der Waals surface area contributed by atoms with Crippen molar-refractivity contribution in [2.24, 2.45) is 23.7 Å². The summed E-state index contributed by atoms with van der Waals surface area (Å²) in [4.78, 5) is 41.5. The summed E-state index contributed by atoms with van der Waals surface area (Å²) in [6, 6.07) is -1.08. The quantitative estimate of drug-likeness (QED) is 0.452. The minimum absolute atomic E-state index is 0.0827. The number of allylic oxidation sites excluding steroid dienone is 1. The number of amides is 2. The molecule has 0 unspecified atom stereocenters. The van der Waals surface area contributed by atoms with Crippen LogP contribution < -0.4 is 5.32 Å². The van der Waals surface area contributed by atoms with Crippen LogP contribution in [0.3, 0.4) is 0 Å². The van der Waals surface area contributed by atoms with Crippen molar-refractivity contribution >= 4 is 17.8 Å². The highest BCUT2D eigenvalue weighted by Crippen LogP contribution is 2.46. The van der Waals surface area contributed by atoms with Crippen LogP contribution in [-0.4, -0.2) is 59.1 Å². The number of hydrogen-bond acceptors (Lipinski definition) is 5. The first-order chi connectivity index (χ1) is 14.9. The Hall–Kier alpha value is -1.89. The molecule has 0 radical (unpaired) electrons. The predicted octanol–water partition coefficient (Wildman–Crippen LogP) is 2.42. The zero-order valence-corrected chi connectivity index (χ0v) is 19.1. The van der Waals surface area contributed by atoms with Gasteiger partial charge < -0.3 is 20.1 Å². The Bertz CT molecular complexity index is 687. The molecule has 174 valence electrons. The van der Waals surface area contributed by atoms with Crippen LogP contribution in [0, 0.1) is 23.7 Å². The summed E-state index contributed by atoms with van der Waals surface area (Å²) in [7, 11) is 0. The molecule has 6 atom stereocenters. The molecule has 2 aliphatic carbocycles. The van der Waals surface area contributed by atoms with E-state index in [1.807, 2.05) is 12.2 Å². The number of ether oxygens (including phenoxy) is 1. The van der Waals surface area contributed by atoms with Gasteiger partial charge in [0.15, 0.2) is 0 Å². The molecule has 3 aliphatic rings. The summed E-state index contributed by atoms with van der Waals surface area (Å²) < 4.78 is 5.36. The number of esters is 1. The molecule has 7 heteroatoms. The highest BCUT2D eigenvalue weighted by molar-refractivity contribution is 5.96. The number of nitrogens with one attached hydrogen (secondary N) is 1. The van der Waals surface area contributed by atoms with Gasteiger partial charge in [-0.15, -0.1) is 0 Å². The lowest BCUT2D eigenvalue weighted by Gasteiger charge is -2.34. The number of carbonyl (C=O) groups excluding carboxylic acids is 3. The van der Waals surface area contributed by atoms with Gasteiger partial charge in [0.1, 0.15) is 6.04 Å². The molecule has 1 heterocycles. The van der Waals surface area contributed by atoms with E-state index in [9.17, 15) is 19.5 Å². The molecule has 31 heavy (non-hydrogen) atoms. The number of likely N-dealkylation sites (tertiary alicyclic amines) is 1. The van der Waals surface area contributed by atoms with Crippen molar-refractivity contribution in [2.45, 2.75) is 83.8 Å². The Labute approximate surface area is 185 Å². The highest BCUT2D eigenvalue weighted by atomic mass is 16.5. The average Bonchev–Trinajstić information content (AvgIpc) is 3.06. The van der Waals surface area contributed by atoms with Gasteiger partial charge >= 0.3 is 5.97 Å². The smallest absolute Gasteiger partial charge is 0.310 e. The first-order valence-electron chi connectivity index (χ1n) is 12.0. The van der Waals surface area contributed by atoms with Crippen molar-refractivity contribution in [1.82, 2.24) is 10.2 Å². The fraction of sp³-hybridized carbons (Fsp3) is 0.792. The van der Waals surface area contributed by atoms with Gasteiger partial charge in [-0.05, 0) is 39.0 Å². The van der Waals surface area contributed by atoms with E-state index in [-0.39, 0.29) is 43.0 Å². The van der Waals surface area contributed by atoms with E-state index >= 15 is 0 Å². The van der Waals surface area contributed by atoms with Crippen LogP contribution in [0.5, 0.6) is 0 Å². The van der Waals surface area contributed by atoms with E-state index in [1.54, 1.807) is 13.8 Å². The number of aliphatic hydroxyl groups excluding tert-OH is 1. The summed E-state index contributed by atoms with van der Waals surface area (Å²) in [5, 5.41) is 13.0. The second-order valence-electron chi connectivity index (χ2n) is 9.28. The van der Waals surface area contributed by atoms with Crippen LogP contribution in [0.25, 0.3) is 0 Å². The molecular formula is C24H38N2O5. The van der Waals surface area contributed by atoms with Crippen LogP contribution in [0.15, 0.2) is 12.2 Å². The molecule has 2 N–H and O–H groups in total. The molecule has 1 saturated carbocycles. The first kappa shape index (κ1) is 23.8. The maximum Gasteiger partial charge on any atom is 0.310 e. The molecule has 0 bridgehead atoms. The fourth-order valence-corrected chi connectivity index (χ4v) is 5.71. The first-order valence-corrected chi connectivity index (χ1v) is 12.0. The average molecular weight is 435 g/mol. The highest BCUT2D eigenvalue weighted by Gasteiger charge is 2.58. The van der Waals surface area contributed by atoms with Crippen LogP contribution in [0.1, 0.15) is 65.7 Å². The molecule has 2 amide bonds. The molecule has 0 aromatic carbocycles. The maximum atomic E-state index is 13.6. The van der Waals surface area contributed by atoms with Gasteiger partial charge in [-0.3, -0.25) is 14.4 Å². The van der Waals surface area contributed by atoms with E-state index in [4.69, 9.17) is 4.74 Å². The summed E-state index contributed by atoms with van der Waals surface area (Å²) in [6.07, 6.45) is 10.9. The minimum Gasteiger partial charge on any atom is -0.466 e. The van der Waals surface area contributed by atoms with Gasteiger partial charge in [0.25, 0.3) is 0 Å². The van der Waals surface area contributed by atoms with E-state index in [0.717, 1.165) is 38.5 Å². The summed E-state index contributed by atoms with van der Waals surface area (Å²) >= 11 is 0. The van der Waals surface area contributed by atoms with Gasteiger partial charge in [-0.25, -0.2) is 0 Å². The number of carbonyl (C=O) groups is 3. The molecular weight excluding hydrogens is 396 g/mol. The summed E-state index contributed by atoms with van der Waals surface area (Å²) in [5.41, 5.74) is 0. The molecule has 1 aliphatic heterocycles. The van der Waals surface area contributed by atoms with Crippen LogP contribution in [-0.2, 0) is 19.1 Å². The normalized spacial score (nSPS) is 31.9. The molecule has 0 aromatic heterocycles. The third-order valence-corrected chi connectivity index (χ3v) is 7.19. The van der Waals surface area contributed by atoms with Gasteiger partial charge in [0, 0.05) is 12.0 Å². The largest absolute Gasteiger partial charge is 0.466 e. The second-order valence-corrected chi connectivity index (χ2v) is 9.28. The van der Waals surface area contributed by atoms with Gasteiger partial charge in [-0.2, -0.15) is 0 Å². The van der Waals surface area contributed by atoms with E-state index in [1.165, 1.54) is 11.3 Å². The number of hydrogen-bond donors (Lipinski definition) is 2. The van der Waals surface area contributed by atoms with E-state index < -0.39 is 29.8 Å². The second kappa shape index (κ2) is 10.6. The molecule has 1 saturated heterocycles. The maximum absolute atomic E-state index is 13.6. The Morgan fingerprint density at radius 3 is 2.55 bits per heavy atom. The lowest BCUT2D eigenvalue weighted by atomic mass is 9.68. The zero-order chi connectivity index (χ0) is 22.5. The lowest BCUT2D eigenvalue weighted by Crippen LogP contribution is -2.53. The van der Waals surface area contributed by atoms with Crippen molar-refractivity contribution in [3.63, 3.8) is 0 Å².